The van der Waals surface area contributed by atoms with Crippen molar-refractivity contribution in [2.75, 3.05) is 13.2 Å². The van der Waals surface area contributed by atoms with E-state index in [2.05, 4.69) is 10.3 Å². The zero-order valence-electron chi connectivity index (χ0n) is 9.28. The summed E-state index contributed by atoms with van der Waals surface area (Å²) in [5.74, 6) is -0.336. The Hall–Kier alpha value is -1.62. The molecule has 5 heteroatoms. The normalized spacial score (nSPS) is 19.9. The third kappa shape index (κ3) is 2.24. The molecule has 0 amide bonds. The lowest BCUT2D eigenvalue weighted by atomic mass is 10.2. The number of ether oxygens (including phenoxy) is 1. The molecule has 90 valence electrons. The number of aromatic nitrogens is 1. The molecule has 1 aromatic heterocycles. The van der Waals surface area contributed by atoms with Gasteiger partial charge in [-0.2, -0.15) is 4.98 Å². The first-order chi connectivity index (χ1) is 8.31. The molecule has 1 aliphatic heterocycles. The summed E-state index contributed by atoms with van der Waals surface area (Å²) < 4.78 is 23.7. The highest BCUT2D eigenvalue weighted by Crippen LogP contribution is 2.21. The van der Waals surface area contributed by atoms with Crippen molar-refractivity contribution in [1.82, 2.24) is 10.3 Å². The lowest BCUT2D eigenvalue weighted by Gasteiger charge is -2.08. The SMILES string of the molecule is Fc1ccc2nc(OCC3CCCN3)oc2c1. The van der Waals surface area contributed by atoms with Gasteiger partial charge < -0.3 is 14.5 Å². The summed E-state index contributed by atoms with van der Waals surface area (Å²) in [7, 11) is 0. The summed E-state index contributed by atoms with van der Waals surface area (Å²) >= 11 is 0. The highest BCUT2D eigenvalue weighted by molar-refractivity contribution is 5.72. The molecule has 4 nitrogen and oxygen atoms in total. The molecule has 0 spiro atoms. The highest BCUT2D eigenvalue weighted by Gasteiger charge is 2.16. The zero-order chi connectivity index (χ0) is 11.7. The van der Waals surface area contributed by atoms with Gasteiger partial charge in [0.15, 0.2) is 5.58 Å². The summed E-state index contributed by atoms with van der Waals surface area (Å²) in [6, 6.07) is 4.60. The zero-order valence-corrected chi connectivity index (χ0v) is 9.28. The largest absolute Gasteiger partial charge is 0.449 e. The Labute approximate surface area is 97.8 Å². The third-order valence-corrected chi connectivity index (χ3v) is 2.90. The molecule has 1 atom stereocenters. The van der Waals surface area contributed by atoms with Gasteiger partial charge in [-0.1, -0.05) is 0 Å². The van der Waals surface area contributed by atoms with E-state index in [9.17, 15) is 4.39 Å². The molecule has 3 rings (SSSR count). The maximum atomic E-state index is 12.9. The first-order valence-corrected chi connectivity index (χ1v) is 5.73. The first kappa shape index (κ1) is 10.5. The van der Waals surface area contributed by atoms with Gasteiger partial charge in [-0.25, -0.2) is 4.39 Å². The van der Waals surface area contributed by atoms with E-state index >= 15 is 0 Å². The second-order valence-corrected chi connectivity index (χ2v) is 4.20. The van der Waals surface area contributed by atoms with Gasteiger partial charge in [0.1, 0.15) is 17.9 Å². The van der Waals surface area contributed by atoms with Gasteiger partial charge in [0, 0.05) is 12.1 Å². The molecule has 2 heterocycles. The number of hydrogen-bond donors (Lipinski definition) is 1. The molecule has 1 saturated heterocycles. The van der Waals surface area contributed by atoms with Crippen molar-refractivity contribution in [3.8, 4) is 6.08 Å². The number of benzene rings is 1. The number of nitrogens with one attached hydrogen (secondary N) is 1. The van der Waals surface area contributed by atoms with Crippen LogP contribution in [0.2, 0.25) is 0 Å². The molecular formula is C12H13FN2O2. The third-order valence-electron chi connectivity index (χ3n) is 2.90. The molecule has 1 N–H and O–H groups in total. The van der Waals surface area contributed by atoms with Gasteiger partial charge in [-0.05, 0) is 31.5 Å². The average molecular weight is 236 g/mol. The van der Waals surface area contributed by atoms with E-state index in [0.29, 0.717) is 23.7 Å². The summed E-state index contributed by atoms with van der Waals surface area (Å²) in [6.45, 7) is 1.57. The minimum absolute atomic E-state index is 0.208. The maximum absolute atomic E-state index is 12.9. The number of hydrogen-bond acceptors (Lipinski definition) is 4. The lowest BCUT2D eigenvalue weighted by Crippen LogP contribution is -2.28. The van der Waals surface area contributed by atoms with E-state index in [-0.39, 0.29) is 11.9 Å². The van der Waals surface area contributed by atoms with Crippen LogP contribution in [0.25, 0.3) is 11.1 Å². The standard InChI is InChI=1S/C12H13FN2O2/c13-8-3-4-10-11(6-8)17-12(15-10)16-7-9-2-1-5-14-9/h3-4,6,9,14H,1-2,5,7H2. The van der Waals surface area contributed by atoms with Crippen LogP contribution in [0.15, 0.2) is 22.6 Å². The van der Waals surface area contributed by atoms with Crippen LogP contribution in [-0.2, 0) is 0 Å². The van der Waals surface area contributed by atoms with E-state index in [1.54, 1.807) is 6.07 Å². The Kier molecular flexibility index (Phi) is 2.68. The summed E-state index contributed by atoms with van der Waals surface area (Å²) in [6.07, 6.45) is 2.49. The Bertz CT molecular complexity index is 520. The lowest BCUT2D eigenvalue weighted by molar-refractivity contribution is 0.212. The number of nitrogens with zero attached hydrogens (tertiary/aromatic N) is 1. The molecule has 1 aliphatic rings. The maximum Gasteiger partial charge on any atom is 0.394 e. The Morgan fingerprint density at radius 3 is 3.29 bits per heavy atom. The summed E-state index contributed by atoms with van der Waals surface area (Å²) in [5.41, 5.74) is 1.03. The Balaban J connectivity index is 1.72. The first-order valence-electron chi connectivity index (χ1n) is 5.73. The molecular weight excluding hydrogens is 223 g/mol. The van der Waals surface area contributed by atoms with Crippen molar-refractivity contribution in [2.45, 2.75) is 18.9 Å². The van der Waals surface area contributed by atoms with E-state index < -0.39 is 0 Å². The molecule has 0 aliphatic carbocycles. The molecule has 2 aromatic rings. The number of halogens is 1. The van der Waals surface area contributed by atoms with Crippen LogP contribution in [0.5, 0.6) is 6.08 Å². The van der Waals surface area contributed by atoms with Gasteiger partial charge in [-0.3, -0.25) is 0 Å². The average Bonchev–Trinajstić information content (AvgIpc) is 2.94. The Morgan fingerprint density at radius 2 is 2.47 bits per heavy atom. The smallest absolute Gasteiger partial charge is 0.394 e. The van der Waals surface area contributed by atoms with Crippen molar-refractivity contribution in [3.05, 3.63) is 24.0 Å². The molecule has 0 saturated carbocycles. The quantitative estimate of drug-likeness (QED) is 0.886. The monoisotopic (exact) mass is 236 g/mol. The second kappa shape index (κ2) is 4.33. The minimum atomic E-state index is -0.336. The van der Waals surface area contributed by atoms with Crippen LogP contribution in [0.3, 0.4) is 0 Å². The summed E-state index contributed by atoms with van der Waals surface area (Å²) in [5, 5.41) is 3.32. The van der Waals surface area contributed by atoms with Gasteiger partial charge in [0.25, 0.3) is 0 Å². The fraction of sp³-hybridized carbons (Fsp3) is 0.417. The van der Waals surface area contributed by atoms with Crippen molar-refractivity contribution in [3.63, 3.8) is 0 Å². The van der Waals surface area contributed by atoms with E-state index in [1.165, 1.54) is 18.6 Å². The van der Waals surface area contributed by atoms with Crippen LogP contribution < -0.4 is 10.1 Å². The van der Waals surface area contributed by atoms with Crippen molar-refractivity contribution < 1.29 is 13.5 Å². The van der Waals surface area contributed by atoms with Gasteiger partial charge in [0.05, 0.1) is 0 Å². The second-order valence-electron chi connectivity index (χ2n) is 4.20. The number of fused-ring (bicyclic) bond motifs is 1. The van der Waals surface area contributed by atoms with E-state index in [4.69, 9.17) is 9.15 Å². The fourth-order valence-electron chi connectivity index (χ4n) is 2.01. The minimum Gasteiger partial charge on any atom is -0.449 e. The van der Waals surface area contributed by atoms with Crippen LogP contribution in [0.1, 0.15) is 12.8 Å². The molecule has 1 aromatic carbocycles. The van der Waals surface area contributed by atoms with E-state index in [1.807, 2.05) is 0 Å². The van der Waals surface area contributed by atoms with Crippen LogP contribution in [0.4, 0.5) is 4.39 Å². The molecule has 1 unspecified atom stereocenters. The van der Waals surface area contributed by atoms with Crippen molar-refractivity contribution in [1.29, 1.82) is 0 Å². The van der Waals surface area contributed by atoms with Crippen molar-refractivity contribution in [2.24, 2.45) is 0 Å². The topological polar surface area (TPSA) is 47.3 Å². The van der Waals surface area contributed by atoms with Gasteiger partial charge in [-0.15, -0.1) is 0 Å². The number of oxazole rings is 1. The highest BCUT2D eigenvalue weighted by atomic mass is 19.1. The fourth-order valence-corrected chi connectivity index (χ4v) is 2.01. The van der Waals surface area contributed by atoms with Gasteiger partial charge in [0.2, 0.25) is 0 Å². The van der Waals surface area contributed by atoms with Crippen LogP contribution >= 0.6 is 0 Å². The summed E-state index contributed by atoms with van der Waals surface area (Å²) in [4.78, 5) is 4.13. The predicted molar refractivity (Wildman–Crippen MR) is 60.5 cm³/mol. The molecule has 1 fully saturated rings. The van der Waals surface area contributed by atoms with Crippen LogP contribution in [-0.4, -0.2) is 24.2 Å². The van der Waals surface area contributed by atoms with Crippen LogP contribution in [0, 0.1) is 5.82 Å². The Morgan fingerprint density at radius 1 is 1.53 bits per heavy atom. The molecule has 0 bridgehead atoms. The predicted octanol–water partition coefficient (Wildman–Crippen LogP) is 2.10. The van der Waals surface area contributed by atoms with Gasteiger partial charge >= 0.3 is 6.08 Å². The molecule has 0 radical (unpaired) electrons. The number of rotatable bonds is 3. The van der Waals surface area contributed by atoms with E-state index in [0.717, 1.165) is 13.0 Å². The van der Waals surface area contributed by atoms with Crippen molar-refractivity contribution >= 4 is 11.1 Å². The molecule has 17 heavy (non-hydrogen) atoms.